The zero-order valence-corrected chi connectivity index (χ0v) is 15.0. The largest absolute Gasteiger partial charge is 0.497 e. The lowest BCUT2D eigenvalue weighted by Crippen LogP contribution is -2.13. The van der Waals surface area contributed by atoms with E-state index in [1.807, 2.05) is 24.3 Å². The molecule has 0 amide bonds. The van der Waals surface area contributed by atoms with Crippen LogP contribution in [0.5, 0.6) is 11.5 Å². The Hall–Kier alpha value is -2.67. The fourth-order valence-corrected chi connectivity index (χ4v) is 2.72. The van der Waals surface area contributed by atoms with Crippen molar-refractivity contribution < 1.29 is 14.3 Å². The Bertz CT molecular complexity index is 913. The molecule has 0 aliphatic carbocycles. The van der Waals surface area contributed by atoms with Crippen LogP contribution in [-0.2, 0) is 11.4 Å². The molecule has 3 rings (SSSR count). The molecule has 7 heteroatoms. The Labute approximate surface area is 152 Å². The van der Waals surface area contributed by atoms with Gasteiger partial charge in [0.15, 0.2) is 11.5 Å². The highest BCUT2D eigenvalue weighted by atomic mass is 79.9. The number of ketones is 1. The SMILES string of the molecule is COc1ccc(COc2cn(C3=CC(=O)CC(Br)=N3)ccc2=O)cc1. The highest BCUT2D eigenvalue weighted by molar-refractivity contribution is 9.18. The maximum atomic E-state index is 12.0. The topological polar surface area (TPSA) is 69.9 Å². The van der Waals surface area contributed by atoms with E-state index in [9.17, 15) is 9.59 Å². The second kappa shape index (κ2) is 7.48. The number of halogens is 1. The van der Waals surface area contributed by atoms with Crippen LogP contribution in [0.2, 0.25) is 0 Å². The number of hydrogen-bond donors (Lipinski definition) is 0. The van der Waals surface area contributed by atoms with Crippen LogP contribution in [0.4, 0.5) is 0 Å². The number of hydrogen-bond acceptors (Lipinski definition) is 5. The van der Waals surface area contributed by atoms with E-state index in [-0.39, 0.29) is 30.0 Å². The van der Waals surface area contributed by atoms with Crippen molar-refractivity contribution >= 4 is 32.2 Å². The summed E-state index contributed by atoms with van der Waals surface area (Å²) in [6.07, 6.45) is 4.75. The number of ether oxygens (including phenoxy) is 2. The lowest BCUT2D eigenvalue weighted by Gasteiger charge is -2.13. The minimum Gasteiger partial charge on any atom is -0.497 e. The van der Waals surface area contributed by atoms with Gasteiger partial charge in [0, 0.05) is 18.3 Å². The Kier molecular flexibility index (Phi) is 5.14. The molecule has 2 heterocycles. The minimum absolute atomic E-state index is 0.0590. The summed E-state index contributed by atoms with van der Waals surface area (Å²) < 4.78 is 12.9. The molecule has 0 N–H and O–H groups in total. The molecule has 0 bridgehead atoms. The van der Waals surface area contributed by atoms with Gasteiger partial charge in [-0.05, 0) is 33.6 Å². The quantitative estimate of drug-likeness (QED) is 0.770. The van der Waals surface area contributed by atoms with E-state index in [1.165, 1.54) is 18.3 Å². The van der Waals surface area contributed by atoms with Crippen molar-refractivity contribution in [1.82, 2.24) is 4.57 Å². The third-order valence-electron chi connectivity index (χ3n) is 3.55. The van der Waals surface area contributed by atoms with E-state index < -0.39 is 0 Å². The van der Waals surface area contributed by atoms with Gasteiger partial charge in [0.05, 0.1) is 24.3 Å². The van der Waals surface area contributed by atoms with Gasteiger partial charge in [0.1, 0.15) is 18.2 Å². The smallest absolute Gasteiger partial charge is 0.223 e. The number of methoxy groups -OCH3 is 1. The first-order valence-corrected chi connectivity index (χ1v) is 8.30. The lowest BCUT2D eigenvalue weighted by molar-refractivity contribution is -0.113. The second-order valence-corrected chi connectivity index (χ2v) is 6.27. The van der Waals surface area contributed by atoms with E-state index in [0.29, 0.717) is 10.4 Å². The molecule has 1 aromatic heterocycles. The van der Waals surface area contributed by atoms with E-state index in [4.69, 9.17) is 9.47 Å². The van der Waals surface area contributed by atoms with Crippen LogP contribution < -0.4 is 14.9 Å². The van der Waals surface area contributed by atoms with Crippen LogP contribution >= 0.6 is 15.9 Å². The zero-order valence-electron chi connectivity index (χ0n) is 13.4. The summed E-state index contributed by atoms with van der Waals surface area (Å²) in [5.41, 5.74) is 0.666. The molecule has 6 nitrogen and oxygen atoms in total. The monoisotopic (exact) mass is 402 g/mol. The Balaban J connectivity index is 1.80. The van der Waals surface area contributed by atoms with Gasteiger partial charge < -0.3 is 14.0 Å². The maximum absolute atomic E-state index is 12.0. The fraction of sp³-hybridized carbons (Fsp3) is 0.167. The van der Waals surface area contributed by atoms with Crippen molar-refractivity contribution in [2.75, 3.05) is 7.11 Å². The third-order valence-corrected chi connectivity index (χ3v) is 4.01. The first kappa shape index (κ1) is 17.2. The number of aromatic nitrogens is 1. The van der Waals surface area contributed by atoms with Crippen LogP contribution in [-0.4, -0.2) is 22.1 Å². The second-order valence-electron chi connectivity index (χ2n) is 5.35. The van der Waals surface area contributed by atoms with Crippen molar-refractivity contribution in [3.63, 3.8) is 0 Å². The zero-order chi connectivity index (χ0) is 17.8. The summed E-state index contributed by atoms with van der Waals surface area (Å²) in [6, 6.07) is 8.76. The van der Waals surface area contributed by atoms with E-state index in [0.717, 1.165) is 11.3 Å². The van der Waals surface area contributed by atoms with E-state index >= 15 is 0 Å². The molecule has 0 atom stereocenters. The molecule has 0 radical (unpaired) electrons. The number of carbonyl (C=O) groups excluding carboxylic acids is 1. The maximum Gasteiger partial charge on any atom is 0.223 e. The molecule has 128 valence electrons. The van der Waals surface area contributed by atoms with Gasteiger partial charge >= 0.3 is 0 Å². The molecule has 0 spiro atoms. The number of benzene rings is 1. The molecule has 0 saturated carbocycles. The number of carbonyl (C=O) groups is 1. The summed E-state index contributed by atoms with van der Waals surface area (Å²) in [4.78, 5) is 28.0. The Morgan fingerprint density at radius 3 is 2.64 bits per heavy atom. The number of allylic oxidation sites excluding steroid dienone is 1. The summed E-state index contributed by atoms with van der Waals surface area (Å²) in [5, 5.41) is 0. The van der Waals surface area contributed by atoms with Crippen LogP contribution in [0.15, 0.2) is 58.6 Å². The van der Waals surface area contributed by atoms with Gasteiger partial charge in [0.2, 0.25) is 5.43 Å². The van der Waals surface area contributed by atoms with Gasteiger partial charge in [-0.1, -0.05) is 12.1 Å². The predicted octanol–water partition coefficient (Wildman–Crippen LogP) is 3.00. The van der Waals surface area contributed by atoms with Crippen LogP contribution in [0.3, 0.4) is 0 Å². The van der Waals surface area contributed by atoms with Crippen LogP contribution in [0, 0.1) is 0 Å². The van der Waals surface area contributed by atoms with Crippen molar-refractivity contribution in [2.24, 2.45) is 4.99 Å². The van der Waals surface area contributed by atoms with Crippen molar-refractivity contribution in [1.29, 1.82) is 0 Å². The standard InChI is InChI=1S/C18H15BrN2O4/c1-24-14-4-2-12(3-5-14)11-25-16-10-21(7-6-15(16)23)18-9-13(22)8-17(19)20-18/h2-7,9-10H,8,11H2,1H3. The highest BCUT2D eigenvalue weighted by Crippen LogP contribution is 2.18. The predicted molar refractivity (Wildman–Crippen MR) is 98.3 cm³/mol. The molecule has 1 aliphatic rings. The number of nitrogens with zero attached hydrogens (tertiary/aromatic N) is 2. The van der Waals surface area contributed by atoms with Crippen molar-refractivity contribution in [3.05, 3.63) is 64.6 Å². The lowest BCUT2D eigenvalue weighted by atomic mass is 10.2. The molecule has 0 saturated heterocycles. The van der Waals surface area contributed by atoms with Gasteiger partial charge in [-0.2, -0.15) is 0 Å². The van der Waals surface area contributed by atoms with Gasteiger partial charge in [0.25, 0.3) is 0 Å². The molecular formula is C18H15BrN2O4. The first-order chi connectivity index (χ1) is 12.0. The van der Waals surface area contributed by atoms with Gasteiger partial charge in [-0.25, -0.2) is 4.99 Å². The number of rotatable bonds is 5. The molecule has 25 heavy (non-hydrogen) atoms. The summed E-state index contributed by atoms with van der Waals surface area (Å²) in [5.74, 6) is 1.31. The minimum atomic E-state index is -0.240. The first-order valence-electron chi connectivity index (χ1n) is 7.51. The Morgan fingerprint density at radius 2 is 1.96 bits per heavy atom. The normalized spacial score (nSPS) is 13.9. The van der Waals surface area contributed by atoms with E-state index in [2.05, 4.69) is 20.9 Å². The van der Waals surface area contributed by atoms with Crippen molar-refractivity contribution in [3.8, 4) is 11.5 Å². The molecule has 0 unspecified atom stereocenters. The third kappa shape index (κ3) is 4.24. The van der Waals surface area contributed by atoms with Gasteiger partial charge in [-0.3, -0.25) is 9.59 Å². The average molecular weight is 403 g/mol. The summed E-state index contributed by atoms with van der Waals surface area (Å²) >= 11 is 3.24. The molecule has 0 fully saturated rings. The molecule has 1 aromatic carbocycles. The van der Waals surface area contributed by atoms with Gasteiger partial charge in [-0.15, -0.1) is 0 Å². The molecule has 1 aliphatic heterocycles. The van der Waals surface area contributed by atoms with Crippen molar-refractivity contribution in [2.45, 2.75) is 13.0 Å². The van der Waals surface area contributed by atoms with Crippen LogP contribution in [0.25, 0.3) is 5.82 Å². The molecular weight excluding hydrogens is 388 g/mol. The highest BCUT2D eigenvalue weighted by Gasteiger charge is 2.13. The summed E-state index contributed by atoms with van der Waals surface area (Å²) in [7, 11) is 1.60. The summed E-state index contributed by atoms with van der Waals surface area (Å²) in [6.45, 7) is 0.244. The fourth-order valence-electron chi connectivity index (χ4n) is 2.26. The average Bonchev–Trinajstić information content (AvgIpc) is 2.60. The van der Waals surface area contributed by atoms with E-state index in [1.54, 1.807) is 17.9 Å². The van der Waals surface area contributed by atoms with Crippen LogP contribution in [0.1, 0.15) is 12.0 Å². The Morgan fingerprint density at radius 1 is 1.20 bits per heavy atom. The number of pyridine rings is 1. The number of aliphatic imine (C=N–C) groups is 1. The molecule has 2 aromatic rings.